The Morgan fingerprint density at radius 2 is 1.94 bits per heavy atom. The quantitative estimate of drug-likeness (QED) is 0.603. The Hall–Kier alpha value is -0.170. The fourth-order valence-electron chi connectivity index (χ4n) is 1.47. The summed E-state index contributed by atoms with van der Waals surface area (Å²) >= 11 is 0. The lowest BCUT2D eigenvalue weighted by Crippen LogP contribution is -2.40. The summed E-state index contributed by atoms with van der Waals surface area (Å²) in [5.74, 6) is 0.142. The van der Waals surface area contributed by atoms with Gasteiger partial charge in [-0.15, -0.1) is 0 Å². The van der Waals surface area contributed by atoms with Crippen LogP contribution in [0, 0.1) is 0 Å². The first-order chi connectivity index (χ1) is 7.45. The summed E-state index contributed by atoms with van der Waals surface area (Å²) in [6.45, 7) is 5.25. The molecule has 0 aromatic heterocycles. The summed E-state index contributed by atoms with van der Waals surface area (Å²) in [4.78, 5) is 0. The molecule has 0 aromatic carbocycles. The van der Waals surface area contributed by atoms with Crippen molar-refractivity contribution in [1.82, 2.24) is 4.31 Å². The van der Waals surface area contributed by atoms with E-state index in [1.165, 1.54) is 4.31 Å². The fourth-order valence-corrected chi connectivity index (χ4v) is 3.24. The van der Waals surface area contributed by atoms with Crippen LogP contribution in [0.2, 0.25) is 0 Å². The van der Waals surface area contributed by atoms with E-state index in [1.54, 1.807) is 7.11 Å². The summed E-state index contributed by atoms with van der Waals surface area (Å²) < 4.78 is 30.3. The van der Waals surface area contributed by atoms with Crippen molar-refractivity contribution in [1.29, 1.82) is 0 Å². The van der Waals surface area contributed by atoms with E-state index in [1.807, 2.05) is 13.8 Å². The Morgan fingerprint density at radius 3 is 2.38 bits per heavy atom. The largest absolute Gasteiger partial charge is 0.385 e. The highest BCUT2D eigenvalue weighted by Crippen LogP contribution is 2.09. The molecule has 0 aliphatic carbocycles. The summed E-state index contributed by atoms with van der Waals surface area (Å²) in [5, 5.41) is 0. The molecule has 0 aliphatic heterocycles. The van der Waals surface area contributed by atoms with Gasteiger partial charge in [-0.25, -0.2) is 8.42 Å². The standard InChI is InChI=1S/C10H24N2O3S/c1-10(2)12(7-4-6-11)16(13,14)9-5-8-15-3/h10H,4-9,11H2,1-3H3. The maximum atomic E-state index is 12.0. The van der Waals surface area contributed by atoms with Crippen LogP contribution in [0.4, 0.5) is 0 Å². The van der Waals surface area contributed by atoms with Gasteiger partial charge < -0.3 is 10.5 Å². The topological polar surface area (TPSA) is 72.6 Å². The van der Waals surface area contributed by atoms with E-state index in [-0.39, 0.29) is 11.8 Å². The second-order valence-electron chi connectivity index (χ2n) is 4.01. The normalized spacial score (nSPS) is 12.6. The van der Waals surface area contributed by atoms with Crippen molar-refractivity contribution < 1.29 is 13.2 Å². The molecule has 5 nitrogen and oxygen atoms in total. The second kappa shape index (κ2) is 8.00. The summed E-state index contributed by atoms with van der Waals surface area (Å²) in [6.07, 6.45) is 1.23. The minimum Gasteiger partial charge on any atom is -0.385 e. The zero-order valence-electron chi connectivity index (χ0n) is 10.5. The molecule has 0 aromatic rings. The molecule has 0 saturated heterocycles. The van der Waals surface area contributed by atoms with Gasteiger partial charge in [0.05, 0.1) is 5.75 Å². The van der Waals surface area contributed by atoms with Gasteiger partial charge >= 0.3 is 0 Å². The van der Waals surface area contributed by atoms with Crippen LogP contribution in [0.3, 0.4) is 0 Å². The number of hydrogen-bond acceptors (Lipinski definition) is 4. The van der Waals surface area contributed by atoms with Gasteiger partial charge in [0.2, 0.25) is 10.0 Å². The van der Waals surface area contributed by atoms with E-state index < -0.39 is 10.0 Å². The van der Waals surface area contributed by atoms with E-state index in [4.69, 9.17) is 10.5 Å². The van der Waals surface area contributed by atoms with Crippen LogP contribution in [0.15, 0.2) is 0 Å². The van der Waals surface area contributed by atoms with Crippen LogP contribution in [-0.2, 0) is 14.8 Å². The first kappa shape index (κ1) is 15.8. The Labute approximate surface area is 99.0 Å². The zero-order chi connectivity index (χ0) is 12.6. The third-order valence-electron chi connectivity index (χ3n) is 2.27. The molecule has 2 N–H and O–H groups in total. The Balaban J connectivity index is 4.38. The van der Waals surface area contributed by atoms with Gasteiger partial charge in [-0.2, -0.15) is 4.31 Å². The molecule has 0 aliphatic rings. The summed E-state index contributed by atoms with van der Waals surface area (Å²) in [7, 11) is -1.60. The van der Waals surface area contributed by atoms with Crippen molar-refractivity contribution in [2.24, 2.45) is 5.73 Å². The second-order valence-corrected chi connectivity index (χ2v) is 6.05. The van der Waals surface area contributed by atoms with Crippen molar-refractivity contribution >= 4 is 10.0 Å². The van der Waals surface area contributed by atoms with Crippen LogP contribution in [-0.4, -0.2) is 51.3 Å². The molecule has 98 valence electrons. The van der Waals surface area contributed by atoms with Gasteiger partial charge in [0.15, 0.2) is 0 Å². The average Bonchev–Trinajstić information content (AvgIpc) is 2.17. The van der Waals surface area contributed by atoms with Crippen molar-refractivity contribution in [3.05, 3.63) is 0 Å². The Kier molecular flexibility index (Phi) is 7.91. The highest BCUT2D eigenvalue weighted by molar-refractivity contribution is 7.89. The van der Waals surface area contributed by atoms with Gasteiger partial charge in [0.25, 0.3) is 0 Å². The van der Waals surface area contributed by atoms with Gasteiger partial charge in [-0.05, 0) is 33.2 Å². The van der Waals surface area contributed by atoms with E-state index in [9.17, 15) is 8.42 Å². The predicted octanol–water partition coefficient (Wildman–Crippen LogP) is 0.412. The van der Waals surface area contributed by atoms with E-state index >= 15 is 0 Å². The van der Waals surface area contributed by atoms with Crippen molar-refractivity contribution in [2.75, 3.05) is 32.6 Å². The number of nitrogens with two attached hydrogens (primary N) is 1. The summed E-state index contributed by atoms with van der Waals surface area (Å²) in [6, 6.07) is -0.0147. The zero-order valence-corrected chi connectivity index (χ0v) is 11.3. The van der Waals surface area contributed by atoms with Crippen LogP contribution in [0.25, 0.3) is 0 Å². The maximum Gasteiger partial charge on any atom is 0.214 e. The number of ether oxygens (including phenoxy) is 1. The van der Waals surface area contributed by atoms with Crippen molar-refractivity contribution in [2.45, 2.75) is 32.7 Å². The molecule has 0 heterocycles. The number of rotatable bonds is 9. The number of hydrogen-bond donors (Lipinski definition) is 1. The lowest BCUT2D eigenvalue weighted by molar-refractivity contribution is 0.199. The third kappa shape index (κ3) is 5.79. The summed E-state index contributed by atoms with van der Waals surface area (Å²) in [5.41, 5.74) is 5.40. The predicted molar refractivity (Wildman–Crippen MR) is 65.8 cm³/mol. The molecular formula is C10H24N2O3S. The Bertz CT molecular complexity index is 265. The lowest BCUT2D eigenvalue weighted by Gasteiger charge is -2.25. The molecule has 0 amide bonds. The molecule has 6 heteroatoms. The number of methoxy groups -OCH3 is 1. The first-order valence-corrected chi connectivity index (χ1v) is 7.25. The van der Waals surface area contributed by atoms with Crippen LogP contribution in [0.1, 0.15) is 26.7 Å². The number of nitrogens with zero attached hydrogens (tertiary/aromatic N) is 1. The highest BCUT2D eigenvalue weighted by Gasteiger charge is 2.23. The molecule has 0 fully saturated rings. The van der Waals surface area contributed by atoms with Crippen LogP contribution < -0.4 is 5.73 Å². The molecule has 0 unspecified atom stereocenters. The van der Waals surface area contributed by atoms with Gasteiger partial charge in [-0.3, -0.25) is 0 Å². The molecule has 0 bridgehead atoms. The fraction of sp³-hybridized carbons (Fsp3) is 1.00. The Morgan fingerprint density at radius 1 is 1.31 bits per heavy atom. The molecule has 0 spiro atoms. The third-order valence-corrected chi connectivity index (χ3v) is 4.39. The molecule has 16 heavy (non-hydrogen) atoms. The average molecular weight is 252 g/mol. The lowest BCUT2D eigenvalue weighted by atomic mass is 10.3. The van der Waals surface area contributed by atoms with Crippen molar-refractivity contribution in [3.8, 4) is 0 Å². The maximum absolute atomic E-state index is 12.0. The van der Waals surface area contributed by atoms with Crippen molar-refractivity contribution in [3.63, 3.8) is 0 Å². The molecule has 0 atom stereocenters. The smallest absolute Gasteiger partial charge is 0.214 e. The van der Waals surface area contributed by atoms with Gasteiger partial charge in [-0.1, -0.05) is 0 Å². The minimum atomic E-state index is -3.17. The first-order valence-electron chi connectivity index (χ1n) is 5.64. The van der Waals surface area contributed by atoms with Gasteiger partial charge in [0, 0.05) is 26.3 Å². The van der Waals surface area contributed by atoms with Crippen LogP contribution >= 0.6 is 0 Å². The molecule has 0 rings (SSSR count). The van der Waals surface area contributed by atoms with Crippen LogP contribution in [0.5, 0.6) is 0 Å². The molecular weight excluding hydrogens is 228 g/mol. The monoisotopic (exact) mass is 252 g/mol. The highest BCUT2D eigenvalue weighted by atomic mass is 32.2. The molecule has 0 radical (unpaired) electrons. The molecule has 0 saturated carbocycles. The van der Waals surface area contributed by atoms with E-state index in [0.29, 0.717) is 32.5 Å². The van der Waals surface area contributed by atoms with Gasteiger partial charge in [0.1, 0.15) is 0 Å². The minimum absolute atomic E-state index is 0.0147. The van der Waals surface area contributed by atoms with E-state index in [0.717, 1.165) is 0 Å². The SMILES string of the molecule is COCCCS(=O)(=O)N(CCCN)C(C)C. The number of sulfonamides is 1. The van der Waals surface area contributed by atoms with E-state index in [2.05, 4.69) is 0 Å².